The van der Waals surface area contributed by atoms with Gasteiger partial charge < -0.3 is 4.42 Å². The zero-order valence-corrected chi connectivity index (χ0v) is 11.0. The standard InChI is InChI=1S/C14H26N2O/c1-2-3-4-5-6-7-8-10-13(16-15)14-11-9-12-17-14/h9,11-13,16H,2-8,10,15H2,1H3. The van der Waals surface area contributed by atoms with Gasteiger partial charge in [0.25, 0.3) is 0 Å². The number of nitrogens with one attached hydrogen (secondary N) is 1. The normalized spacial score (nSPS) is 12.8. The second kappa shape index (κ2) is 9.25. The van der Waals surface area contributed by atoms with Crippen LogP contribution in [0.25, 0.3) is 0 Å². The summed E-state index contributed by atoms with van der Waals surface area (Å²) in [5.74, 6) is 6.48. The first-order valence-corrected chi connectivity index (χ1v) is 6.88. The molecule has 0 aliphatic rings. The number of unbranched alkanes of at least 4 members (excludes halogenated alkanes) is 6. The highest BCUT2D eigenvalue weighted by molar-refractivity contribution is 5.03. The summed E-state index contributed by atoms with van der Waals surface area (Å²) >= 11 is 0. The maximum Gasteiger partial charge on any atom is 0.122 e. The second-order valence-electron chi connectivity index (χ2n) is 4.64. The van der Waals surface area contributed by atoms with Gasteiger partial charge in [0, 0.05) is 0 Å². The summed E-state index contributed by atoms with van der Waals surface area (Å²) in [6, 6.07) is 4.05. The third-order valence-corrected chi connectivity index (χ3v) is 3.18. The van der Waals surface area contributed by atoms with Crippen LogP contribution >= 0.6 is 0 Å². The van der Waals surface area contributed by atoms with E-state index in [0.717, 1.165) is 12.2 Å². The molecule has 1 heterocycles. The molecule has 0 radical (unpaired) electrons. The van der Waals surface area contributed by atoms with E-state index in [2.05, 4.69) is 12.3 Å². The summed E-state index contributed by atoms with van der Waals surface area (Å²) in [4.78, 5) is 0. The third kappa shape index (κ3) is 5.89. The minimum atomic E-state index is 0.167. The molecule has 0 aliphatic heterocycles. The van der Waals surface area contributed by atoms with Crippen molar-refractivity contribution in [1.29, 1.82) is 0 Å². The fourth-order valence-electron chi connectivity index (χ4n) is 2.10. The molecule has 0 bridgehead atoms. The maximum atomic E-state index is 5.53. The van der Waals surface area contributed by atoms with Gasteiger partial charge in [-0.05, 0) is 18.6 Å². The topological polar surface area (TPSA) is 51.2 Å². The van der Waals surface area contributed by atoms with Crippen molar-refractivity contribution in [2.75, 3.05) is 0 Å². The van der Waals surface area contributed by atoms with E-state index in [1.54, 1.807) is 6.26 Å². The Kier molecular flexibility index (Phi) is 7.76. The van der Waals surface area contributed by atoms with Crippen LogP contribution in [0.2, 0.25) is 0 Å². The van der Waals surface area contributed by atoms with E-state index in [-0.39, 0.29) is 6.04 Å². The predicted octanol–water partition coefficient (Wildman–Crippen LogP) is 3.92. The number of hydrogen-bond donors (Lipinski definition) is 2. The van der Waals surface area contributed by atoms with E-state index < -0.39 is 0 Å². The molecule has 0 amide bonds. The Balaban J connectivity index is 2.04. The zero-order chi connectivity index (χ0) is 12.3. The van der Waals surface area contributed by atoms with Crippen LogP contribution in [0.15, 0.2) is 22.8 Å². The van der Waals surface area contributed by atoms with Crippen molar-refractivity contribution >= 4 is 0 Å². The van der Waals surface area contributed by atoms with Crippen molar-refractivity contribution in [3.8, 4) is 0 Å². The van der Waals surface area contributed by atoms with Crippen molar-refractivity contribution in [2.24, 2.45) is 5.84 Å². The molecule has 1 rings (SSSR count). The molecule has 3 nitrogen and oxygen atoms in total. The number of hydrazine groups is 1. The maximum absolute atomic E-state index is 5.53. The van der Waals surface area contributed by atoms with Crippen LogP contribution in [0.3, 0.4) is 0 Å². The molecule has 1 unspecified atom stereocenters. The third-order valence-electron chi connectivity index (χ3n) is 3.18. The molecule has 0 aromatic carbocycles. The minimum Gasteiger partial charge on any atom is -0.468 e. The Morgan fingerprint density at radius 2 is 1.88 bits per heavy atom. The highest BCUT2D eigenvalue weighted by Gasteiger charge is 2.11. The van der Waals surface area contributed by atoms with E-state index >= 15 is 0 Å². The van der Waals surface area contributed by atoms with Gasteiger partial charge in [0.1, 0.15) is 5.76 Å². The van der Waals surface area contributed by atoms with Crippen molar-refractivity contribution < 1.29 is 4.42 Å². The van der Waals surface area contributed by atoms with Crippen LogP contribution in [0.4, 0.5) is 0 Å². The van der Waals surface area contributed by atoms with Crippen molar-refractivity contribution in [3.63, 3.8) is 0 Å². The summed E-state index contributed by atoms with van der Waals surface area (Å²) in [6.07, 6.45) is 12.0. The van der Waals surface area contributed by atoms with Gasteiger partial charge in [-0.1, -0.05) is 51.9 Å². The lowest BCUT2D eigenvalue weighted by atomic mass is 10.0. The van der Waals surface area contributed by atoms with Crippen molar-refractivity contribution in [3.05, 3.63) is 24.2 Å². The molecule has 3 heteroatoms. The van der Waals surface area contributed by atoms with Gasteiger partial charge in [-0.15, -0.1) is 0 Å². The first-order valence-electron chi connectivity index (χ1n) is 6.88. The van der Waals surface area contributed by atoms with E-state index in [1.165, 1.54) is 44.9 Å². The van der Waals surface area contributed by atoms with Crippen LogP contribution in [0.1, 0.15) is 70.1 Å². The molecule has 1 aromatic rings. The van der Waals surface area contributed by atoms with Gasteiger partial charge >= 0.3 is 0 Å². The largest absolute Gasteiger partial charge is 0.468 e. The van der Waals surface area contributed by atoms with Gasteiger partial charge in [-0.3, -0.25) is 5.84 Å². The highest BCUT2D eigenvalue weighted by Crippen LogP contribution is 2.20. The van der Waals surface area contributed by atoms with Crippen LogP contribution in [0.5, 0.6) is 0 Å². The number of rotatable bonds is 10. The molecule has 0 aliphatic carbocycles. The lowest BCUT2D eigenvalue weighted by molar-refractivity contribution is 0.388. The Morgan fingerprint density at radius 1 is 1.18 bits per heavy atom. The molecule has 98 valence electrons. The number of nitrogens with two attached hydrogens (primary N) is 1. The molecule has 17 heavy (non-hydrogen) atoms. The van der Waals surface area contributed by atoms with Gasteiger partial charge in [-0.2, -0.15) is 0 Å². The summed E-state index contributed by atoms with van der Waals surface area (Å²) in [7, 11) is 0. The molecule has 1 atom stereocenters. The number of hydrogen-bond acceptors (Lipinski definition) is 3. The van der Waals surface area contributed by atoms with Gasteiger partial charge in [0.2, 0.25) is 0 Å². The average molecular weight is 238 g/mol. The predicted molar refractivity (Wildman–Crippen MR) is 71.4 cm³/mol. The van der Waals surface area contributed by atoms with Crippen LogP contribution < -0.4 is 11.3 Å². The summed E-state index contributed by atoms with van der Waals surface area (Å²) < 4.78 is 5.35. The van der Waals surface area contributed by atoms with Crippen LogP contribution in [-0.2, 0) is 0 Å². The first kappa shape index (κ1) is 14.3. The molecule has 0 saturated heterocycles. The van der Waals surface area contributed by atoms with Crippen molar-refractivity contribution in [2.45, 2.75) is 64.3 Å². The Hall–Kier alpha value is -0.800. The first-order chi connectivity index (χ1) is 8.38. The average Bonchev–Trinajstić information content (AvgIpc) is 2.86. The molecule has 1 aromatic heterocycles. The molecular formula is C14H26N2O. The van der Waals surface area contributed by atoms with E-state index in [1.807, 2.05) is 12.1 Å². The summed E-state index contributed by atoms with van der Waals surface area (Å²) in [5.41, 5.74) is 2.82. The Morgan fingerprint density at radius 3 is 2.47 bits per heavy atom. The second-order valence-corrected chi connectivity index (χ2v) is 4.64. The van der Waals surface area contributed by atoms with Gasteiger partial charge in [-0.25, -0.2) is 5.43 Å². The molecule has 0 fully saturated rings. The summed E-state index contributed by atoms with van der Waals surface area (Å²) in [5, 5.41) is 0. The van der Waals surface area contributed by atoms with Crippen LogP contribution in [0, 0.1) is 0 Å². The molecule has 0 saturated carbocycles. The zero-order valence-electron chi connectivity index (χ0n) is 11.0. The Labute approximate surface area is 105 Å². The smallest absolute Gasteiger partial charge is 0.122 e. The van der Waals surface area contributed by atoms with E-state index in [9.17, 15) is 0 Å². The molecular weight excluding hydrogens is 212 g/mol. The summed E-state index contributed by atoms with van der Waals surface area (Å²) in [6.45, 7) is 2.25. The minimum absolute atomic E-state index is 0.167. The lowest BCUT2D eigenvalue weighted by Gasteiger charge is -2.12. The van der Waals surface area contributed by atoms with Crippen LogP contribution in [-0.4, -0.2) is 0 Å². The van der Waals surface area contributed by atoms with E-state index in [4.69, 9.17) is 10.3 Å². The fraction of sp³-hybridized carbons (Fsp3) is 0.714. The van der Waals surface area contributed by atoms with Crippen molar-refractivity contribution in [1.82, 2.24) is 5.43 Å². The van der Waals surface area contributed by atoms with E-state index in [0.29, 0.717) is 0 Å². The quantitative estimate of drug-likeness (QED) is 0.369. The van der Waals surface area contributed by atoms with Gasteiger partial charge in [0.15, 0.2) is 0 Å². The molecule has 3 N–H and O–H groups in total. The lowest BCUT2D eigenvalue weighted by Crippen LogP contribution is -2.27. The molecule has 0 spiro atoms. The highest BCUT2D eigenvalue weighted by atomic mass is 16.3. The number of furan rings is 1. The SMILES string of the molecule is CCCCCCCCCC(NN)c1ccco1. The fourth-order valence-corrected chi connectivity index (χ4v) is 2.10. The van der Waals surface area contributed by atoms with Gasteiger partial charge in [0.05, 0.1) is 12.3 Å². The Bertz CT molecular complexity index is 259. The monoisotopic (exact) mass is 238 g/mol.